The second kappa shape index (κ2) is 2.66. The Hall–Kier alpha value is -0.100. The molecule has 48 valence electrons. The third kappa shape index (κ3) is 1.65. The molecule has 1 aromatic heterocycles. The fraction of sp³-hybridized carbons (Fsp3) is 0. The summed E-state index contributed by atoms with van der Waals surface area (Å²) >= 11 is 3.53. The number of carbonyl (C=O) groups is 1. The quantitative estimate of drug-likeness (QED) is 0.779. The number of hydrogen-bond donors (Lipinski definition) is 1. The van der Waals surface area contributed by atoms with Gasteiger partial charge in [-0.25, -0.2) is 4.79 Å². The van der Waals surface area contributed by atoms with Crippen molar-refractivity contribution in [3.63, 3.8) is 0 Å². The average molecular weight is 254 g/mol. The summed E-state index contributed by atoms with van der Waals surface area (Å²) in [6, 6.07) is 1.65. The maximum absolute atomic E-state index is 10.2. The highest BCUT2D eigenvalue weighted by Gasteiger charge is 2.02. The van der Waals surface area contributed by atoms with Gasteiger partial charge in [0.15, 0.2) is 0 Å². The lowest BCUT2D eigenvalue weighted by Gasteiger charge is -1.79. The van der Waals surface area contributed by atoms with Crippen LogP contribution < -0.4 is 0 Å². The van der Waals surface area contributed by atoms with Crippen molar-refractivity contribution in [2.45, 2.75) is 0 Å². The molecule has 2 nitrogen and oxygen atoms in total. The molecule has 1 aromatic rings. The van der Waals surface area contributed by atoms with Gasteiger partial charge >= 0.3 is 5.97 Å². The van der Waals surface area contributed by atoms with Gasteiger partial charge in [-0.2, -0.15) is 0 Å². The van der Waals surface area contributed by atoms with Crippen molar-refractivity contribution in [3.05, 3.63) is 19.9 Å². The fourth-order valence-corrected chi connectivity index (χ4v) is 1.74. The molecule has 0 amide bonds. The van der Waals surface area contributed by atoms with Crippen molar-refractivity contribution in [1.29, 1.82) is 0 Å². The Balaban J connectivity index is 2.98. The van der Waals surface area contributed by atoms with Gasteiger partial charge in [-0.05, 0) is 28.7 Å². The largest absolute Gasteiger partial charge is 0.478 e. The highest BCUT2D eigenvalue weighted by Crippen LogP contribution is 2.15. The minimum Gasteiger partial charge on any atom is -0.478 e. The van der Waals surface area contributed by atoms with Crippen LogP contribution in [0, 0.1) is 2.88 Å². The zero-order chi connectivity index (χ0) is 6.85. The standard InChI is InChI=1S/C5H3IO2S/c6-4-1-3(2-9-4)5(7)8/h1-2H,(H,7,8). The highest BCUT2D eigenvalue weighted by molar-refractivity contribution is 14.1. The summed E-state index contributed by atoms with van der Waals surface area (Å²) < 4.78 is 1.00. The molecule has 0 spiro atoms. The minimum atomic E-state index is -0.853. The van der Waals surface area contributed by atoms with Crippen molar-refractivity contribution < 1.29 is 9.90 Å². The van der Waals surface area contributed by atoms with E-state index >= 15 is 0 Å². The third-order valence-electron chi connectivity index (χ3n) is 0.814. The number of carboxylic acid groups (broad SMARTS) is 1. The van der Waals surface area contributed by atoms with Gasteiger partial charge in [0.1, 0.15) is 0 Å². The number of rotatable bonds is 1. The van der Waals surface area contributed by atoms with Crippen LogP contribution in [0.25, 0.3) is 0 Å². The zero-order valence-electron chi connectivity index (χ0n) is 4.30. The average Bonchev–Trinajstić information content (AvgIpc) is 2.14. The number of thiophene rings is 1. The smallest absolute Gasteiger partial charge is 0.336 e. The molecule has 0 aliphatic heterocycles. The molecule has 0 fully saturated rings. The second-order valence-corrected chi connectivity index (χ2v) is 4.25. The Labute approximate surface area is 69.7 Å². The molecule has 0 unspecified atom stereocenters. The second-order valence-electron chi connectivity index (χ2n) is 1.44. The third-order valence-corrected chi connectivity index (χ3v) is 2.60. The van der Waals surface area contributed by atoms with E-state index in [2.05, 4.69) is 22.6 Å². The van der Waals surface area contributed by atoms with Crippen molar-refractivity contribution in [2.75, 3.05) is 0 Å². The summed E-state index contributed by atoms with van der Waals surface area (Å²) in [6.07, 6.45) is 0. The molecule has 0 radical (unpaired) electrons. The Morgan fingerprint density at radius 3 is 2.67 bits per heavy atom. The molecule has 9 heavy (non-hydrogen) atoms. The van der Waals surface area contributed by atoms with Crippen LogP contribution in [0.15, 0.2) is 11.4 Å². The van der Waals surface area contributed by atoms with Crippen LogP contribution in [0.5, 0.6) is 0 Å². The van der Waals surface area contributed by atoms with Crippen molar-refractivity contribution in [2.24, 2.45) is 0 Å². The van der Waals surface area contributed by atoms with E-state index in [1.165, 1.54) is 11.3 Å². The van der Waals surface area contributed by atoms with Gasteiger partial charge in [-0.1, -0.05) is 0 Å². The van der Waals surface area contributed by atoms with E-state index in [9.17, 15) is 4.79 Å². The van der Waals surface area contributed by atoms with Crippen LogP contribution in [-0.2, 0) is 0 Å². The van der Waals surface area contributed by atoms with Gasteiger partial charge in [0.05, 0.1) is 8.45 Å². The van der Waals surface area contributed by atoms with E-state index in [1.807, 2.05) is 0 Å². The molecule has 0 saturated carbocycles. The molecule has 0 bridgehead atoms. The molecular weight excluding hydrogens is 251 g/mol. The van der Waals surface area contributed by atoms with E-state index in [1.54, 1.807) is 11.4 Å². The first-order chi connectivity index (χ1) is 4.20. The van der Waals surface area contributed by atoms with E-state index in [4.69, 9.17) is 5.11 Å². The maximum atomic E-state index is 10.2. The zero-order valence-corrected chi connectivity index (χ0v) is 7.27. The van der Waals surface area contributed by atoms with Gasteiger partial charge in [0.25, 0.3) is 0 Å². The van der Waals surface area contributed by atoms with Crippen molar-refractivity contribution in [3.8, 4) is 0 Å². The fourth-order valence-electron chi connectivity index (χ4n) is 0.422. The van der Waals surface area contributed by atoms with Gasteiger partial charge in [-0.15, -0.1) is 11.3 Å². The molecule has 0 saturated heterocycles. The molecule has 0 aliphatic rings. The molecule has 4 heteroatoms. The molecule has 0 aliphatic carbocycles. The summed E-state index contributed by atoms with van der Waals surface area (Å²) in [6.45, 7) is 0. The Bertz CT molecular complexity index is 231. The predicted octanol–water partition coefficient (Wildman–Crippen LogP) is 2.05. The molecule has 1 rings (SSSR count). The SMILES string of the molecule is O=C(O)c1csc(I)c1. The first kappa shape index (κ1) is 7.01. The van der Waals surface area contributed by atoms with E-state index in [0.717, 1.165) is 2.88 Å². The van der Waals surface area contributed by atoms with Crippen LogP contribution in [0.4, 0.5) is 0 Å². The van der Waals surface area contributed by atoms with E-state index < -0.39 is 5.97 Å². The van der Waals surface area contributed by atoms with Crippen molar-refractivity contribution in [1.82, 2.24) is 0 Å². The molecule has 0 atom stereocenters. The van der Waals surface area contributed by atoms with Crippen molar-refractivity contribution >= 4 is 39.9 Å². The van der Waals surface area contributed by atoms with Gasteiger partial charge < -0.3 is 5.11 Å². The molecule has 1 heterocycles. The first-order valence-electron chi connectivity index (χ1n) is 2.17. The Kier molecular flexibility index (Phi) is 2.07. The van der Waals surface area contributed by atoms with E-state index in [-0.39, 0.29) is 0 Å². The lowest BCUT2D eigenvalue weighted by atomic mass is 10.4. The normalized spacial score (nSPS) is 9.44. The number of hydrogen-bond acceptors (Lipinski definition) is 2. The Morgan fingerprint density at radius 2 is 2.44 bits per heavy atom. The summed E-state index contributed by atoms with van der Waals surface area (Å²) in [5, 5.41) is 10.0. The van der Waals surface area contributed by atoms with Gasteiger partial charge in [-0.3, -0.25) is 0 Å². The van der Waals surface area contributed by atoms with Crippen LogP contribution >= 0.6 is 33.9 Å². The Morgan fingerprint density at radius 1 is 1.78 bits per heavy atom. The summed E-state index contributed by atoms with van der Waals surface area (Å²) in [5.41, 5.74) is 0.379. The van der Waals surface area contributed by atoms with Crippen LogP contribution in [0.3, 0.4) is 0 Å². The number of aromatic carboxylic acids is 1. The lowest BCUT2D eigenvalue weighted by Crippen LogP contribution is -1.91. The monoisotopic (exact) mass is 254 g/mol. The van der Waals surface area contributed by atoms with Gasteiger partial charge in [0, 0.05) is 5.38 Å². The van der Waals surface area contributed by atoms with Gasteiger partial charge in [0.2, 0.25) is 0 Å². The number of halogens is 1. The molecule has 0 aromatic carbocycles. The highest BCUT2D eigenvalue weighted by atomic mass is 127. The summed E-state index contributed by atoms with van der Waals surface area (Å²) in [4.78, 5) is 10.2. The maximum Gasteiger partial charge on any atom is 0.336 e. The van der Waals surface area contributed by atoms with E-state index in [0.29, 0.717) is 5.56 Å². The van der Waals surface area contributed by atoms with Crippen LogP contribution in [0.2, 0.25) is 0 Å². The van der Waals surface area contributed by atoms with Crippen LogP contribution in [-0.4, -0.2) is 11.1 Å². The summed E-state index contributed by atoms with van der Waals surface area (Å²) in [7, 11) is 0. The van der Waals surface area contributed by atoms with Crippen LogP contribution in [0.1, 0.15) is 10.4 Å². The predicted molar refractivity (Wildman–Crippen MR) is 44.0 cm³/mol. The lowest BCUT2D eigenvalue weighted by molar-refractivity contribution is 0.0697. The summed E-state index contributed by atoms with van der Waals surface area (Å²) in [5.74, 6) is -0.853. The topological polar surface area (TPSA) is 37.3 Å². The minimum absolute atomic E-state index is 0.379. The first-order valence-corrected chi connectivity index (χ1v) is 4.13. The molecule has 1 N–H and O–H groups in total. The number of carboxylic acids is 1. The molecular formula is C5H3IO2S.